The van der Waals surface area contributed by atoms with Crippen LogP contribution < -0.4 is 0 Å². The summed E-state index contributed by atoms with van der Waals surface area (Å²) < 4.78 is 0.415. The van der Waals surface area contributed by atoms with Gasteiger partial charge in [-0.15, -0.1) is 12.6 Å². The summed E-state index contributed by atoms with van der Waals surface area (Å²) in [6, 6.07) is 4.71. The van der Waals surface area contributed by atoms with Crippen molar-refractivity contribution in [2.75, 3.05) is 0 Å². The lowest BCUT2D eigenvalue weighted by molar-refractivity contribution is 0.0693. The average molecular weight is 258 g/mol. The monoisotopic (exact) mass is 257 g/mol. The molecule has 0 bridgehead atoms. The van der Waals surface area contributed by atoms with Crippen molar-refractivity contribution >= 4 is 34.5 Å². The van der Waals surface area contributed by atoms with E-state index in [1.54, 1.807) is 0 Å². The standard InChI is InChI=1S/C8H4BrNO2S/c9-6-4(3-10)1-2-5(7(6)13)8(11)12/h1-2,13H,(H,11,12). The van der Waals surface area contributed by atoms with Crippen LogP contribution in [0.25, 0.3) is 0 Å². The molecule has 0 aliphatic rings. The van der Waals surface area contributed by atoms with Crippen LogP contribution in [0.2, 0.25) is 0 Å². The first-order valence-corrected chi connectivity index (χ1v) is 4.46. The number of nitrogens with zero attached hydrogens (tertiary/aromatic N) is 1. The molecule has 0 unspecified atom stereocenters. The van der Waals surface area contributed by atoms with Crippen molar-refractivity contribution in [2.24, 2.45) is 0 Å². The van der Waals surface area contributed by atoms with Crippen molar-refractivity contribution in [1.29, 1.82) is 5.26 Å². The molecule has 3 nitrogen and oxygen atoms in total. The van der Waals surface area contributed by atoms with E-state index in [0.29, 0.717) is 10.0 Å². The third kappa shape index (κ3) is 1.85. The number of halogens is 1. The Hall–Kier alpha value is -0.990. The van der Waals surface area contributed by atoms with E-state index in [2.05, 4.69) is 28.6 Å². The van der Waals surface area contributed by atoms with Crippen LogP contribution in [0.1, 0.15) is 15.9 Å². The minimum absolute atomic E-state index is 0.0780. The van der Waals surface area contributed by atoms with Crippen LogP contribution in [0, 0.1) is 11.3 Å². The molecule has 0 fully saturated rings. The maximum atomic E-state index is 10.6. The molecule has 0 spiro atoms. The third-order valence-corrected chi connectivity index (χ3v) is 3.06. The van der Waals surface area contributed by atoms with Gasteiger partial charge in [0.05, 0.1) is 11.1 Å². The van der Waals surface area contributed by atoms with Crippen molar-refractivity contribution < 1.29 is 9.90 Å². The van der Waals surface area contributed by atoms with Gasteiger partial charge in [0, 0.05) is 9.37 Å². The lowest BCUT2D eigenvalue weighted by atomic mass is 10.1. The summed E-state index contributed by atoms with van der Waals surface area (Å²) in [5.41, 5.74) is 0.448. The Bertz CT molecular complexity index is 411. The first-order valence-electron chi connectivity index (χ1n) is 3.22. The fraction of sp³-hybridized carbons (Fsp3) is 0. The van der Waals surface area contributed by atoms with Crippen LogP contribution in [0.15, 0.2) is 21.5 Å². The molecule has 0 radical (unpaired) electrons. The normalized spacial score (nSPS) is 9.31. The molecule has 0 atom stereocenters. The van der Waals surface area contributed by atoms with E-state index in [9.17, 15) is 4.79 Å². The first kappa shape index (κ1) is 10.1. The highest BCUT2D eigenvalue weighted by Gasteiger charge is 2.12. The zero-order valence-corrected chi connectivity index (χ0v) is 8.76. The quantitative estimate of drug-likeness (QED) is 0.760. The number of hydrogen-bond acceptors (Lipinski definition) is 3. The molecular weight excluding hydrogens is 254 g/mol. The van der Waals surface area contributed by atoms with Gasteiger partial charge >= 0.3 is 5.97 Å². The van der Waals surface area contributed by atoms with Gasteiger partial charge in [-0.05, 0) is 28.1 Å². The maximum absolute atomic E-state index is 10.6. The van der Waals surface area contributed by atoms with Crippen LogP contribution in [0.3, 0.4) is 0 Å². The molecule has 0 aromatic heterocycles. The minimum Gasteiger partial charge on any atom is -0.478 e. The van der Waals surface area contributed by atoms with Gasteiger partial charge in [0.15, 0.2) is 0 Å². The van der Waals surface area contributed by atoms with Crippen LogP contribution in [0.4, 0.5) is 0 Å². The fourth-order valence-electron chi connectivity index (χ4n) is 0.823. The van der Waals surface area contributed by atoms with E-state index in [1.807, 2.05) is 6.07 Å². The molecule has 0 saturated carbocycles. The number of aromatic carboxylic acids is 1. The van der Waals surface area contributed by atoms with Crippen LogP contribution in [-0.4, -0.2) is 11.1 Å². The molecule has 0 aliphatic heterocycles. The Morgan fingerprint density at radius 1 is 1.62 bits per heavy atom. The molecule has 1 N–H and O–H groups in total. The molecule has 0 heterocycles. The number of hydrogen-bond donors (Lipinski definition) is 2. The number of carboxylic acids is 1. The predicted molar refractivity (Wildman–Crippen MR) is 53.1 cm³/mol. The molecule has 0 saturated heterocycles. The predicted octanol–water partition coefficient (Wildman–Crippen LogP) is 2.31. The molecule has 0 aliphatic carbocycles. The number of carbonyl (C=O) groups is 1. The Morgan fingerprint density at radius 2 is 2.23 bits per heavy atom. The van der Waals surface area contributed by atoms with Gasteiger partial charge in [0.1, 0.15) is 6.07 Å². The van der Waals surface area contributed by atoms with Crippen molar-refractivity contribution in [3.63, 3.8) is 0 Å². The first-order chi connectivity index (χ1) is 6.07. The van der Waals surface area contributed by atoms with Crippen LogP contribution in [-0.2, 0) is 0 Å². The second-order valence-corrected chi connectivity index (χ2v) is 3.48. The molecule has 0 amide bonds. The van der Waals surface area contributed by atoms with Gasteiger partial charge in [0.2, 0.25) is 0 Å². The Labute approximate surface area is 88.5 Å². The summed E-state index contributed by atoms with van der Waals surface area (Å²) in [5.74, 6) is -1.06. The van der Waals surface area contributed by atoms with Gasteiger partial charge in [-0.1, -0.05) is 0 Å². The van der Waals surface area contributed by atoms with Crippen molar-refractivity contribution in [2.45, 2.75) is 4.90 Å². The Morgan fingerprint density at radius 3 is 2.69 bits per heavy atom. The zero-order valence-electron chi connectivity index (χ0n) is 6.28. The largest absolute Gasteiger partial charge is 0.478 e. The SMILES string of the molecule is N#Cc1ccc(C(=O)O)c(S)c1Br. The van der Waals surface area contributed by atoms with Gasteiger partial charge < -0.3 is 5.11 Å². The highest BCUT2D eigenvalue weighted by Crippen LogP contribution is 2.27. The maximum Gasteiger partial charge on any atom is 0.336 e. The van der Waals surface area contributed by atoms with Gasteiger partial charge in [-0.25, -0.2) is 4.79 Å². The molecule has 5 heteroatoms. The number of nitriles is 1. The second kappa shape index (κ2) is 3.81. The van der Waals surface area contributed by atoms with Gasteiger partial charge in [-0.3, -0.25) is 0 Å². The van der Waals surface area contributed by atoms with E-state index in [1.165, 1.54) is 12.1 Å². The van der Waals surface area contributed by atoms with Gasteiger partial charge in [0.25, 0.3) is 0 Å². The van der Waals surface area contributed by atoms with E-state index in [-0.39, 0.29) is 10.5 Å². The molecule has 1 rings (SSSR count). The minimum atomic E-state index is -1.06. The lowest BCUT2D eigenvalue weighted by Crippen LogP contribution is -1.99. The molecule has 13 heavy (non-hydrogen) atoms. The fourth-order valence-corrected chi connectivity index (χ4v) is 1.55. The summed E-state index contributed by atoms with van der Waals surface area (Å²) in [7, 11) is 0. The number of rotatable bonds is 1. The van der Waals surface area contributed by atoms with Crippen LogP contribution in [0.5, 0.6) is 0 Å². The molecule has 1 aromatic carbocycles. The lowest BCUT2D eigenvalue weighted by Gasteiger charge is -2.02. The number of benzene rings is 1. The van der Waals surface area contributed by atoms with Crippen molar-refractivity contribution in [3.8, 4) is 6.07 Å². The average Bonchev–Trinajstić information content (AvgIpc) is 2.09. The second-order valence-electron chi connectivity index (χ2n) is 2.24. The molecular formula is C8H4BrNO2S. The number of carboxylic acid groups (broad SMARTS) is 1. The summed E-state index contributed by atoms with van der Waals surface area (Å²) >= 11 is 7.09. The summed E-state index contributed by atoms with van der Waals surface area (Å²) in [5, 5.41) is 17.3. The Balaban J connectivity index is 3.42. The summed E-state index contributed by atoms with van der Waals surface area (Å²) in [6.07, 6.45) is 0. The summed E-state index contributed by atoms with van der Waals surface area (Å²) in [4.78, 5) is 10.9. The summed E-state index contributed by atoms with van der Waals surface area (Å²) in [6.45, 7) is 0. The Kier molecular flexibility index (Phi) is 2.96. The van der Waals surface area contributed by atoms with E-state index < -0.39 is 5.97 Å². The van der Waals surface area contributed by atoms with E-state index in [0.717, 1.165) is 0 Å². The van der Waals surface area contributed by atoms with E-state index >= 15 is 0 Å². The smallest absolute Gasteiger partial charge is 0.336 e. The van der Waals surface area contributed by atoms with Crippen molar-refractivity contribution in [1.82, 2.24) is 0 Å². The van der Waals surface area contributed by atoms with E-state index in [4.69, 9.17) is 10.4 Å². The zero-order chi connectivity index (χ0) is 10.0. The molecule has 66 valence electrons. The van der Waals surface area contributed by atoms with Gasteiger partial charge in [-0.2, -0.15) is 5.26 Å². The van der Waals surface area contributed by atoms with Crippen LogP contribution >= 0.6 is 28.6 Å². The number of thiol groups is 1. The topological polar surface area (TPSA) is 61.1 Å². The molecule has 1 aromatic rings. The third-order valence-electron chi connectivity index (χ3n) is 1.47. The van der Waals surface area contributed by atoms with Crippen molar-refractivity contribution in [3.05, 3.63) is 27.7 Å². The highest BCUT2D eigenvalue weighted by atomic mass is 79.9. The highest BCUT2D eigenvalue weighted by molar-refractivity contribution is 9.10.